The van der Waals surface area contributed by atoms with Crippen LogP contribution in [0.25, 0.3) is 0 Å². The second-order valence-electron chi connectivity index (χ2n) is 4.85. The minimum atomic E-state index is 0.588. The van der Waals surface area contributed by atoms with E-state index in [9.17, 15) is 0 Å². The SMILES string of the molecule is CCNC(=NCc1ccc(C#N)cc1)NCCn1cccc1. The Morgan fingerprint density at radius 1 is 1.18 bits per heavy atom. The van der Waals surface area contributed by atoms with Gasteiger partial charge in [0.1, 0.15) is 0 Å². The van der Waals surface area contributed by atoms with Crippen LogP contribution in [0.4, 0.5) is 0 Å². The van der Waals surface area contributed by atoms with E-state index in [4.69, 9.17) is 5.26 Å². The number of aromatic nitrogens is 1. The first-order chi connectivity index (χ1) is 10.8. The average molecular weight is 295 g/mol. The van der Waals surface area contributed by atoms with Crippen molar-refractivity contribution in [3.05, 3.63) is 59.9 Å². The van der Waals surface area contributed by atoms with E-state index < -0.39 is 0 Å². The summed E-state index contributed by atoms with van der Waals surface area (Å²) in [5, 5.41) is 15.3. The zero-order valence-corrected chi connectivity index (χ0v) is 12.8. The van der Waals surface area contributed by atoms with E-state index in [2.05, 4.69) is 26.3 Å². The summed E-state index contributed by atoms with van der Waals surface area (Å²) in [5.74, 6) is 0.805. The highest BCUT2D eigenvalue weighted by atomic mass is 15.2. The predicted octanol–water partition coefficient (Wildman–Crippen LogP) is 2.12. The fourth-order valence-electron chi connectivity index (χ4n) is 2.02. The Balaban J connectivity index is 1.86. The molecule has 1 aromatic carbocycles. The van der Waals surface area contributed by atoms with Gasteiger partial charge in [-0.3, -0.25) is 0 Å². The maximum absolute atomic E-state index is 8.79. The van der Waals surface area contributed by atoms with Crippen LogP contribution in [-0.2, 0) is 13.1 Å². The Bertz CT molecular complexity index is 620. The van der Waals surface area contributed by atoms with Crippen molar-refractivity contribution >= 4 is 5.96 Å². The maximum atomic E-state index is 8.79. The van der Waals surface area contributed by atoms with Gasteiger partial charge in [0.25, 0.3) is 0 Å². The molecule has 1 heterocycles. The molecule has 0 saturated heterocycles. The van der Waals surface area contributed by atoms with Crippen LogP contribution in [0.1, 0.15) is 18.1 Å². The molecule has 0 saturated carbocycles. The van der Waals surface area contributed by atoms with E-state index in [0.717, 1.165) is 31.2 Å². The van der Waals surface area contributed by atoms with Crippen molar-refractivity contribution < 1.29 is 0 Å². The number of hydrogen-bond acceptors (Lipinski definition) is 2. The molecule has 2 aromatic rings. The molecule has 0 bridgehead atoms. The highest BCUT2D eigenvalue weighted by Gasteiger charge is 1.98. The Morgan fingerprint density at radius 2 is 1.91 bits per heavy atom. The molecule has 0 atom stereocenters. The van der Waals surface area contributed by atoms with Gasteiger partial charge in [-0.05, 0) is 36.8 Å². The van der Waals surface area contributed by atoms with Crippen LogP contribution >= 0.6 is 0 Å². The smallest absolute Gasteiger partial charge is 0.191 e. The fourth-order valence-corrected chi connectivity index (χ4v) is 2.02. The van der Waals surface area contributed by atoms with Crippen molar-refractivity contribution in [3.63, 3.8) is 0 Å². The summed E-state index contributed by atoms with van der Waals surface area (Å²) in [6.07, 6.45) is 4.09. The summed E-state index contributed by atoms with van der Waals surface area (Å²) in [5.41, 5.74) is 1.76. The first-order valence-electron chi connectivity index (χ1n) is 7.44. The lowest BCUT2D eigenvalue weighted by Gasteiger charge is -2.11. The van der Waals surface area contributed by atoms with Crippen LogP contribution in [0.3, 0.4) is 0 Å². The third kappa shape index (κ3) is 4.98. The van der Waals surface area contributed by atoms with E-state index in [1.54, 1.807) is 0 Å². The van der Waals surface area contributed by atoms with Crippen LogP contribution in [0.5, 0.6) is 0 Å². The van der Waals surface area contributed by atoms with Gasteiger partial charge < -0.3 is 15.2 Å². The molecule has 0 unspecified atom stereocenters. The third-order valence-electron chi connectivity index (χ3n) is 3.18. The molecule has 5 heteroatoms. The molecular formula is C17H21N5. The van der Waals surface area contributed by atoms with Crippen LogP contribution in [-0.4, -0.2) is 23.6 Å². The highest BCUT2D eigenvalue weighted by Crippen LogP contribution is 2.04. The quantitative estimate of drug-likeness (QED) is 0.634. The summed E-state index contributed by atoms with van der Waals surface area (Å²) in [6, 6.07) is 13.7. The van der Waals surface area contributed by atoms with E-state index in [1.807, 2.05) is 55.7 Å². The average Bonchev–Trinajstić information content (AvgIpc) is 3.06. The van der Waals surface area contributed by atoms with Gasteiger partial charge in [-0.25, -0.2) is 4.99 Å². The van der Waals surface area contributed by atoms with E-state index >= 15 is 0 Å². The number of nitrogens with zero attached hydrogens (tertiary/aromatic N) is 3. The molecule has 0 aliphatic heterocycles. The molecule has 0 spiro atoms. The van der Waals surface area contributed by atoms with Gasteiger partial charge in [0.15, 0.2) is 5.96 Å². The van der Waals surface area contributed by atoms with Gasteiger partial charge in [0, 0.05) is 32.0 Å². The normalized spacial score (nSPS) is 11.0. The lowest BCUT2D eigenvalue weighted by atomic mass is 10.1. The minimum Gasteiger partial charge on any atom is -0.357 e. The molecule has 114 valence electrons. The maximum Gasteiger partial charge on any atom is 0.191 e. The first-order valence-corrected chi connectivity index (χ1v) is 7.44. The van der Waals surface area contributed by atoms with Crippen molar-refractivity contribution in [2.45, 2.75) is 20.0 Å². The van der Waals surface area contributed by atoms with Crippen LogP contribution in [0.15, 0.2) is 53.8 Å². The molecule has 0 aliphatic rings. The molecule has 0 aliphatic carbocycles. The number of benzene rings is 1. The van der Waals surface area contributed by atoms with Crippen LogP contribution < -0.4 is 10.6 Å². The van der Waals surface area contributed by atoms with Crippen molar-refractivity contribution in [2.24, 2.45) is 4.99 Å². The van der Waals surface area contributed by atoms with Crippen molar-refractivity contribution in [1.29, 1.82) is 5.26 Å². The van der Waals surface area contributed by atoms with Crippen molar-refractivity contribution in [1.82, 2.24) is 15.2 Å². The second kappa shape index (κ2) is 8.53. The van der Waals surface area contributed by atoms with Crippen molar-refractivity contribution in [3.8, 4) is 6.07 Å². The predicted molar refractivity (Wildman–Crippen MR) is 88.4 cm³/mol. The summed E-state index contributed by atoms with van der Waals surface area (Å²) >= 11 is 0. The Kier molecular flexibility index (Phi) is 6.06. The van der Waals surface area contributed by atoms with Gasteiger partial charge in [0.05, 0.1) is 18.2 Å². The topological polar surface area (TPSA) is 65.1 Å². The van der Waals surface area contributed by atoms with Gasteiger partial charge >= 0.3 is 0 Å². The third-order valence-corrected chi connectivity index (χ3v) is 3.18. The molecule has 2 rings (SSSR count). The van der Waals surface area contributed by atoms with Gasteiger partial charge in [-0.1, -0.05) is 12.1 Å². The van der Waals surface area contributed by atoms with Gasteiger partial charge in [-0.2, -0.15) is 5.26 Å². The molecule has 0 radical (unpaired) electrons. The number of rotatable bonds is 6. The lowest BCUT2D eigenvalue weighted by molar-refractivity contribution is 0.666. The van der Waals surface area contributed by atoms with E-state index in [-0.39, 0.29) is 0 Å². The summed E-state index contributed by atoms with van der Waals surface area (Å²) < 4.78 is 2.12. The molecular weight excluding hydrogens is 274 g/mol. The lowest BCUT2D eigenvalue weighted by Crippen LogP contribution is -2.38. The Hall–Kier alpha value is -2.74. The summed E-state index contributed by atoms with van der Waals surface area (Å²) in [4.78, 5) is 4.56. The Morgan fingerprint density at radius 3 is 2.55 bits per heavy atom. The number of hydrogen-bond donors (Lipinski definition) is 2. The van der Waals surface area contributed by atoms with Gasteiger partial charge in [0.2, 0.25) is 0 Å². The monoisotopic (exact) mass is 295 g/mol. The molecule has 2 N–H and O–H groups in total. The molecule has 0 amide bonds. The molecule has 1 aromatic heterocycles. The number of nitriles is 1. The Labute approximate surface area is 131 Å². The van der Waals surface area contributed by atoms with Crippen LogP contribution in [0.2, 0.25) is 0 Å². The molecule has 0 fully saturated rings. The number of nitrogens with one attached hydrogen (secondary N) is 2. The standard InChI is InChI=1S/C17H21N5/c1-2-19-17(20-9-12-22-10-3-4-11-22)21-14-16-7-5-15(13-18)6-8-16/h3-8,10-11H,2,9,12,14H2,1H3,(H2,19,20,21). The zero-order chi connectivity index (χ0) is 15.6. The number of guanidine groups is 1. The molecule has 22 heavy (non-hydrogen) atoms. The van der Waals surface area contributed by atoms with Gasteiger partial charge in [-0.15, -0.1) is 0 Å². The largest absolute Gasteiger partial charge is 0.357 e. The number of aliphatic imine (C=N–C) groups is 1. The molecule has 5 nitrogen and oxygen atoms in total. The van der Waals surface area contributed by atoms with Crippen molar-refractivity contribution in [2.75, 3.05) is 13.1 Å². The first kappa shape index (κ1) is 15.6. The summed E-state index contributed by atoms with van der Waals surface area (Å²) in [6.45, 7) is 5.17. The zero-order valence-electron chi connectivity index (χ0n) is 12.8. The van der Waals surface area contributed by atoms with Crippen LogP contribution in [0, 0.1) is 11.3 Å². The van der Waals surface area contributed by atoms with E-state index in [1.165, 1.54) is 0 Å². The second-order valence-corrected chi connectivity index (χ2v) is 4.85. The fraction of sp³-hybridized carbons (Fsp3) is 0.294. The van der Waals surface area contributed by atoms with E-state index in [0.29, 0.717) is 12.1 Å². The summed E-state index contributed by atoms with van der Waals surface area (Å²) in [7, 11) is 0. The highest BCUT2D eigenvalue weighted by molar-refractivity contribution is 5.79. The minimum absolute atomic E-state index is 0.588.